The molecule has 1 aliphatic rings. The van der Waals surface area contributed by atoms with Gasteiger partial charge in [0.1, 0.15) is 0 Å². The molecule has 1 aliphatic heterocycles. The number of benzene rings is 1. The van der Waals surface area contributed by atoms with Crippen molar-refractivity contribution in [1.82, 2.24) is 10.0 Å². The smallest absolute Gasteiger partial charge is 0.269 e. The summed E-state index contributed by atoms with van der Waals surface area (Å²) in [5.74, 6) is 0. The fourth-order valence-corrected chi connectivity index (χ4v) is 3.39. The molecular formula is C12H17N3O5S. The molecule has 21 heavy (non-hydrogen) atoms. The molecule has 2 N–H and O–H groups in total. The van der Waals surface area contributed by atoms with Crippen LogP contribution in [-0.2, 0) is 14.8 Å². The lowest BCUT2D eigenvalue weighted by Gasteiger charge is -2.24. The van der Waals surface area contributed by atoms with Gasteiger partial charge in [-0.05, 0) is 18.6 Å². The Kier molecular flexibility index (Phi) is 4.88. The van der Waals surface area contributed by atoms with Gasteiger partial charge in [0.15, 0.2) is 0 Å². The molecule has 0 bridgehead atoms. The molecule has 1 aromatic rings. The molecule has 0 radical (unpaired) electrons. The predicted molar refractivity (Wildman–Crippen MR) is 75.6 cm³/mol. The number of sulfonamides is 1. The minimum absolute atomic E-state index is 0.0461. The maximum Gasteiger partial charge on any atom is 0.269 e. The Morgan fingerprint density at radius 3 is 2.86 bits per heavy atom. The third kappa shape index (κ3) is 3.97. The van der Waals surface area contributed by atoms with Crippen LogP contribution in [0.5, 0.6) is 0 Å². The first-order chi connectivity index (χ1) is 9.90. The molecule has 1 fully saturated rings. The maximum atomic E-state index is 12.2. The van der Waals surface area contributed by atoms with Gasteiger partial charge in [-0.15, -0.1) is 0 Å². The summed E-state index contributed by atoms with van der Waals surface area (Å²) in [4.78, 5) is 10.2. The van der Waals surface area contributed by atoms with Gasteiger partial charge >= 0.3 is 0 Å². The third-order valence-electron chi connectivity index (χ3n) is 3.18. The first-order valence-corrected chi connectivity index (χ1v) is 7.94. The van der Waals surface area contributed by atoms with E-state index in [0.717, 1.165) is 0 Å². The second-order valence-corrected chi connectivity index (χ2v) is 6.52. The fraction of sp³-hybridized carbons (Fsp3) is 0.500. The molecule has 8 nitrogen and oxygen atoms in total. The Bertz CT molecular complexity index is 626. The maximum absolute atomic E-state index is 12.2. The van der Waals surface area contributed by atoms with E-state index in [1.807, 2.05) is 0 Å². The van der Waals surface area contributed by atoms with Crippen molar-refractivity contribution in [2.75, 3.05) is 26.3 Å². The minimum Gasteiger partial charge on any atom is -0.378 e. The van der Waals surface area contributed by atoms with E-state index in [-0.39, 0.29) is 23.2 Å². The van der Waals surface area contributed by atoms with Gasteiger partial charge in [0.05, 0.1) is 23.0 Å². The summed E-state index contributed by atoms with van der Waals surface area (Å²) in [6.45, 7) is 3.48. The first-order valence-electron chi connectivity index (χ1n) is 6.46. The van der Waals surface area contributed by atoms with Gasteiger partial charge in [-0.3, -0.25) is 10.1 Å². The highest BCUT2D eigenvalue weighted by molar-refractivity contribution is 7.89. The van der Waals surface area contributed by atoms with Gasteiger partial charge < -0.3 is 10.1 Å². The van der Waals surface area contributed by atoms with Crippen molar-refractivity contribution in [3.8, 4) is 0 Å². The lowest BCUT2D eigenvalue weighted by Crippen LogP contribution is -2.48. The molecule has 1 heterocycles. The van der Waals surface area contributed by atoms with Gasteiger partial charge in [-0.2, -0.15) is 0 Å². The van der Waals surface area contributed by atoms with Crippen molar-refractivity contribution in [1.29, 1.82) is 0 Å². The highest BCUT2D eigenvalue weighted by Crippen LogP contribution is 2.20. The molecule has 9 heteroatoms. The quantitative estimate of drug-likeness (QED) is 0.592. The summed E-state index contributed by atoms with van der Waals surface area (Å²) in [5, 5.41) is 13.8. The largest absolute Gasteiger partial charge is 0.378 e. The van der Waals surface area contributed by atoms with Gasteiger partial charge in [0.25, 0.3) is 5.69 Å². The summed E-state index contributed by atoms with van der Waals surface area (Å²) >= 11 is 0. The topological polar surface area (TPSA) is 111 Å². The number of hydrogen-bond acceptors (Lipinski definition) is 6. The number of morpholine rings is 1. The average molecular weight is 315 g/mol. The number of nitro benzene ring substituents is 1. The second kappa shape index (κ2) is 6.48. The molecule has 0 spiro atoms. The van der Waals surface area contributed by atoms with Crippen LogP contribution in [-0.4, -0.2) is 45.7 Å². The third-order valence-corrected chi connectivity index (χ3v) is 4.76. The van der Waals surface area contributed by atoms with Crippen LogP contribution in [0, 0.1) is 17.0 Å². The van der Waals surface area contributed by atoms with Gasteiger partial charge in [0, 0.05) is 31.3 Å². The molecule has 2 rings (SSSR count). The van der Waals surface area contributed by atoms with Crippen molar-refractivity contribution in [3.05, 3.63) is 33.9 Å². The van der Waals surface area contributed by atoms with Gasteiger partial charge in [0.2, 0.25) is 10.0 Å². The lowest BCUT2D eigenvalue weighted by molar-refractivity contribution is -0.385. The zero-order valence-electron chi connectivity index (χ0n) is 11.5. The number of non-ortho nitro benzene ring substituents is 1. The van der Waals surface area contributed by atoms with Crippen LogP contribution in [0.2, 0.25) is 0 Å². The number of aryl methyl sites for hydroxylation is 1. The van der Waals surface area contributed by atoms with E-state index in [9.17, 15) is 18.5 Å². The van der Waals surface area contributed by atoms with Crippen molar-refractivity contribution in [3.63, 3.8) is 0 Å². The molecular weight excluding hydrogens is 298 g/mol. The SMILES string of the molecule is Cc1cc([N+](=O)[O-])ccc1S(=O)(=O)NCC1COCCN1. The first kappa shape index (κ1) is 15.8. The minimum atomic E-state index is -3.70. The normalized spacial score (nSPS) is 19.4. The van der Waals surface area contributed by atoms with Crippen molar-refractivity contribution in [2.45, 2.75) is 17.9 Å². The molecule has 116 valence electrons. The highest BCUT2D eigenvalue weighted by Gasteiger charge is 2.21. The lowest BCUT2D eigenvalue weighted by atomic mass is 10.2. The van der Waals surface area contributed by atoms with Gasteiger partial charge in [-0.1, -0.05) is 0 Å². The van der Waals surface area contributed by atoms with Crippen LogP contribution in [0.4, 0.5) is 5.69 Å². The summed E-state index contributed by atoms with van der Waals surface area (Å²) in [5.41, 5.74) is 0.207. The molecule has 0 aliphatic carbocycles. The summed E-state index contributed by atoms with van der Waals surface area (Å²) in [7, 11) is -3.70. The van der Waals surface area contributed by atoms with Crippen molar-refractivity contribution < 1.29 is 18.1 Å². The van der Waals surface area contributed by atoms with E-state index in [1.54, 1.807) is 0 Å². The molecule has 1 saturated heterocycles. The zero-order valence-corrected chi connectivity index (χ0v) is 12.4. The van der Waals surface area contributed by atoms with Crippen LogP contribution in [0.3, 0.4) is 0 Å². The van der Waals surface area contributed by atoms with E-state index in [0.29, 0.717) is 25.3 Å². The predicted octanol–water partition coefficient (Wildman–Crippen LogP) is 0.170. The molecule has 1 aromatic carbocycles. The van der Waals surface area contributed by atoms with Gasteiger partial charge in [-0.25, -0.2) is 13.1 Å². The highest BCUT2D eigenvalue weighted by atomic mass is 32.2. The van der Waals surface area contributed by atoms with Crippen LogP contribution < -0.4 is 10.0 Å². The van der Waals surface area contributed by atoms with E-state index >= 15 is 0 Å². The Labute approximate surface area is 122 Å². The monoisotopic (exact) mass is 315 g/mol. The number of hydrogen-bond donors (Lipinski definition) is 2. The Morgan fingerprint density at radius 1 is 1.52 bits per heavy atom. The van der Waals surface area contributed by atoms with E-state index in [2.05, 4.69) is 10.0 Å². The fourth-order valence-electron chi connectivity index (χ4n) is 2.09. The zero-order chi connectivity index (χ0) is 15.5. The van der Waals surface area contributed by atoms with Crippen molar-refractivity contribution in [2.24, 2.45) is 0 Å². The van der Waals surface area contributed by atoms with Crippen LogP contribution in [0.25, 0.3) is 0 Å². The summed E-state index contributed by atoms with van der Waals surface area (Å²) < 4.78 is 32.2. The van der Waals surface area contributed by atoms with Crippen molar-refractivity contribution >= 4 is 15.7 Å². The number of rotatable bonds is 5. The molecule has 0 saturated carbocycles. The Morgan fingerprint density at radius 2 is 2.29 bits per heavy atom. The number of nitrogens with one attached hydrogen (secondary N) is 2. The standard InChI is InChI=1S/C12H17N3O5S/c1-9-6-11(15(16)17)2-3-12(9)21(18,19)14-7-10-8-20-5-4-13-10/h2-3,6,10,13-14H,4-5,7-8H2,1H3. The van der Waals surface area contributed by atoms with E-state index in [1.165, 1.54) is 25.1 Å². The van der Waals surface area contributed by atoms with Crippen LogP contribution in [0.1, 0.15) is 5.56 Å². The Hall–Kier alpha value is -1.55. The van der Waals surface area contributed by atoms with Crippen LogP contribution in [0.15, 0.2) is 23.1 Å². The molecule has 1 atom stereocenters. The number of nitro groups is 1. The molecule has 1 unspecified atom stereocenters. The second-order valence-electron chi connectivity index (χ2n) is 4.78. The number of nitrogens with zero attached hydrogens (tertiary/aromatic N) is 1. The van der Waals surface area contributed by atoms with E-state index < -0.39 is 14.9 Å². The molecule has 0 aromatic heterocycles. The Balaban J connectivity index is 2.10. The average Bonchev–Trinajstić information content (AvgIpc) is 2.46. The summed E-state index contributed by atoms with van der Waals surface area (Å²) in [6, 6.07) is 3.60. The molecule has 0 amide bonds. The number of ether oxygens (including phenoxy) is 1. The van der Waals surface area contributed by atoms with E-state index in [4.69, 9.17) is 4.74 Å². The van der Waals surface area contributed by atoms with Crippen LogP contribution >= 0.6 is 0 Å². The summed E-state index contributed by atoms with van der Waals surface area (Å²) in [6.07, 6.45) is 0.